The van der Waals surface area contributed by atoms with Crippen LogP contribution in [0.1, 0.15) is 17.5 Å². The van der Waals surface area contributed by atoms with Crippen molar-refractivity contribution in [3.05, 3.63) is 57.7 Å². The first-order valence-corrected chi connectivity index (χ1v) is 8.05. The standard InChI is InChI=1S/C17H19Cl2N3O/c1-22(2)15-8-6-12(10-20-15)11-21-16(23)9-7-13-4-3-5-14(18)17(13)19/h3-6,8,10H,7,9,11H2,1-2H3,(H,21,23). The topological polar surface area (TPSA) is 45.2 Å². The number of rotatable bonds is 6. The first kappa shape index (κ1) is 17.6. The van der Waals surface area contributed by atoms with E-state index in [0.29, 0.717) is 29.4 Å². The van der Waals surface area contributed by atoms with Crippen molar-refractivity contribution in [2.24, 2.45) is 0 Å². The molecular formula is C17H19Cl2N3O. The van der Waals surface area contributed by atoms with Crippen LogP contribution in [0.5, 0.6) is 0 Å². The molecule has 2 aromatic rings. The molecule has 0 aliphatic heterocycles. The number of carbonyl (C=O) groups is 1. The molecule has 23 heavy (non-hydrogen) atoms. The first-order valence-electron chi connectivity index (χ1n) is 7.29. The number of carbonyl (C=O) groups excluding carboxylic acids is 1. The summed E-state index contributed by atoms with van der Waals surface area (Å²) in [7, 11) is 3.87. The number of nitrogens with one attached hydrogen (secondary N) is 1. The Kier molecular flexibility index (Phi) is 6.25. The molecule has 0 spiro atoms. The first-order chi connectivity index (χ1) is 11.0. The van der Waals surface area contributed by atoms with Crippen LogP contribution in [0.15, 0.2) is 36.5 Å². The molecule has 1 heterocycles. The highest BCUT2D eigenvalue weighted by Crippen LogP contribution is 2.26. The van der Waals surface area contributed by atoms with Gasteiger partial charge in [0.15, 0.2) is 0 Å². The molecule has 0 unspecified atom stereocenters. The summed E-state index contributed by atoms with van der Waals surface area (Å²) >= 11 is 12.1. The van der Waals surface area contributed by atoms with Gasteiger partial charge in [-0.15, -0.1) is 0 Å². The predicted octanol–water partition coefficient (Wildman–Crippen LogP) is 3.70. The normalized spacial score (nSPS) is 10.4. The van der Waals surface area contributed by atoms with E-state index in [2.05, 4.69) is 10.3 Å². The number of benzene rings is 1. The lowest BCUT2D eigenvalue weighted by atomic mass is 10.1. The minimum absolute atomic E-state index is 0.0299. The summed E-state index contributed by atoms with van der Waals surface area (Å²) in [6, 6.07) is 9.33. The molecular weight excluding hydrogens is 333 g/mol. The van der Waals surface area contributed by atoms with Crippen molar-refractivity contribution >= 4 is 34.9 Å². The average molecular weight is 352 g/mol. The summed E-state index contributed by atoms with van der Waals surface area (Å²) in [5.74, 6) is 0.855. The Hall–Kier alpha value is -1.78. The molecule has 0 atom stereocenters. The van der Waals surface area contributed by atoms with Gasteiger partial charge in [0.2, 0.25) is 5.91 Å². The third kappa shape index (κ3) is 5.12. The fraction of sp³-hybridized carbons (Fsp3) is 0.294. The van der Waals surface area contributed by atoms with Crippen LogP contribution in [0.4, 0.5) is 5.82 Å². The largest absolute Gasteiger partial charge is 0.363 e. The van der Waals surface area contributed by atoms with Crippen LogP contribution < -0.4 is 10.2 Å². The van der Waals surface area contributed by atoms with Crippen LogP contribution in [-0.2, 0) is 17.8 Å². The highest BCUT2D eigenvalue weighted by molar-refractivity contribution is 6.42. The Morgan fingerprint density at radius 1 is 1.22 bits per heavy atom. The van der Waals surface area contributed by atoms with Gasteiger partial charge in [0.25, 0.3) is 0 Å². The number of aromatic nitrogens is 1. The highest BCUT2D eigenvalue weighted by atomic mass is 35.5. The van der Waals surface area contributed by atoms with Gasteiger partial charge in [-0.3, -0.25) is 4.79 Å². The summed E-state index contributed by atoms with van der Waals surface area (Å²) in [6.07, 6.45) is 2.69. The zero-order chi connectivity index (χ0) is 16.8. The van der Waals surface area contributed by atoms with Crippen molar-refractivity contribution in [3.63, 3.8) is 0 Å². The smallest absolute Gasteiger partial charge is 0.220 e. The lowest BCUT2D eigenvalue weighted by molar-refractivity contribution is -0.121. The van der Waals surface area contributed by atoms with Gasteiger partial charge < -0.3 is 10.2 Å². The van der Waals surface area contributed by atoms with Crippen LogP contribution in [0.2, 0.25) is 10.0 Å². The quantitative estimate of drug-likeness (QED) is 0.862. The fourth-order valence-electron chi connectivity index (χ4n) is 2.06. The zero-order valence-electron chi connectivity index (χ0n) is 13.1. The van der Waals surface area contributed by atoms with Crippen LogP contribution in [-0.4, -0.2) is 25.0 Å². The monoisotopic (exact) mass is 351 g/mol. The molecule has 1 N–H and O–H groups in total. The van der Waals surface area contributed by atoms with Crippen LogP contribution in [0.3, 0.4) is 0 Å². The molecule has 0 saturated carbocycles. The number of aryl methyl sites for hydroxylation is 1. The van der Waals surface area contributed by atoms with E-state index in [1.807, 2.05) is 43.3 Å². The van der Waals surface area contributed by atoms with Crippen LogP contribution in [0, 0.1) is 0 Å². The van der Waals surface area contributed by atoms with Crippen molar-refractivity contribution in [2.75, 3.05) is 19.0 Å². The van der Waals surface area contributed by atoms with E-state index < -0.39 is 0 Å². The van der Waals surface area contributed by atoms with Gasteiger partial charge in [0.1, 0.15) is 5.82 Å². The summed E-state index contributed by atoms with van der Waals surface area (Å²) in [4.78, 5) is 18.2. The molecule has 0 radical (unpaired) electrons. The lowest BCUT2D eigenvalue weighted by Gasteiger charge is -2.11. The molecule has 122 valence electrons. The van der Waals surface area contributed by atoms with E-state index in [1.165, 1.54) is 0 Å². The molecule has 0 saturated heterocycles. The number of hydrogen-bond acceptors (Lipinski definition) is 3. The molecule has 1 amide bonds. The summed E-state index contributed by atoms with van der Waals surface area (Å²) in [6.45, 7) is 0.461. The summed E-state index contributed by atoms with van der Waals surface area (Å²) in [5.41, 5.74) is 1.84. The molecule has 0 aliphatic carbocycles. The number of hydrogen-bond donors (Lipinski definition) is 1. The number of amides is 1. The Morgan fingerprint density at radius 2 is 2.00 bits per heavy atom. The molecule has 1 aromatic heterocycles. The van der Waals surface area contributed by atoms with E-state index >= 15 is 0 Å². The molecule has 0 bridgehead atoms. The Balaban J connectivity index is 1.82. The van der Waals surface area contributed by atoms with E-state index in [9.17, 15) is 4.79 Å². The van der Waals surface area contributed by atoms with Crippen LogP contribution in [0.25, 0.3) is 0 Å². The highest BCUT2D eigenvalue weighted by Gasteiger charge is 2.07. The van der Waals surface area contributed by atoms with Gasteiger partial charge in [-0.1, -0.05) is 41.4 Å². The Bertz CT molecular complexity index is 672. The maximum atomic E-state index is 11.9. The number of halogens is 2. The maximum absolute atomic E-state index is 11.9. The van der Waals surface area contributed by atoms with Crippen molar-refractivity contribution in [3.8, 4) is 0 Å². The van der Waals surface area contributed by atoms with Crippen LogP contribution >= 0.6 is 23.2 Å². The van der Waals surface area contributed by atoms with Crippen molar-refractivity contribution in [1.29, 1.82) is 0 Å². The van der Waals surface area contributed by atoms with Gasteiger partial charge >= 0.3 is 0 Å². The van der Waals surface area contributed by atoms with E-state index in [0.717, 1.165) is 16.9 Å². The van der Waals surface area contributed by atoms with Gasteiger partial charge in [0.05, 0.1) is 10.0 Å². The van der Waals surface area contributed by atoms with E-state index in [4.69, 9.17) is 23.2 Å². The molecule has 0 fully saturated rings. The van der Waals surface area contributed by atoms with E-state index in [1.54, 1.807) is 12.3 Å². The summed E-state index contributed by atoms with van der Waals surface area (Å²) < 4.78 is 0. The molecule has 1 aromatic carbocycles. The minimum Gasteiger partial charge on any atom is -0.363 e. The summed E-state index contributed by atoms with van der Waals surface area (Å²) in [5, 5.41) is 3.91. The van der Waals surface area contributed by atoms with Crippen molar-refractivity contribution in [2.45, 2.75) is 19.4 Å². The predicted molar refractivity (Wildman–Crippen MR) is 95.2 cm³/mol. The van der Waals surface area contributed by atoms with E-state index in [-0.39, 0.29) is 5.91 Å². The second kappa shape index (κ2) is 8.18. The average Bonchev–Trinajstić information content (AvgIpc) is 2.54. The third-order valence-corrected chi connectivity index (χ3v) is 4.27. The van der Waals surface area contributed by atoms with Crippen molar-refractivity contribution in [1.82, 2.24) is 10.3 Å². The number of nitrogens with zero attached hydrogens (tertiary/aromatic N) is 2. The zero-order valence-corrected chi connectivity index (χ0v) is 14.7. The van der Waals surface area contributed by atoms with Gasteiger partial charge in [-0.05, 0) is 29.7 Å². The molecule has 6 heteroatoms. The second-order valence-electron chi connectivity index (χ2n) is 5.41. The molecule has 4 nitrogen and oxygen atoms in total. The molecule has 0 aliphatic rings. The van der Waals surface area contributed by atoms with Crippen molar-refractivity contribution < 1.29 is 4.79 Å². The Morgan fingerprint density at radius 3 is 2.65 bits per heavy atom. The third-order valence-electron chi connectivity index (χ3n) is 3.41. The fourth-order valence-corrected chi connectivity index (χ4v) is 2.48. The molecule has 2 rings (SSSR count). The minimum atomic E-state index is -0.0299. The maximum Gasteiger partial charge on any atom is 0.220 e. The Labute approximate surface area is 146 Å². The number of pyridine rings is 1. The SMILES string of the molecule is CN(C)c1ccc(CNC(=O)CCc2cccc(Cl)c2Cl)cn1. The second-order valence-corrected chi connectivity index (χ2v) is 6.19. The van der Waals surface area contributed by atoms with Gasteiger partial charge in [-0.2, -0.15) is 0 Å². The lowest BCUT2D eigenvalue weighted by Crippen LogP contribution is -2.23. The van der Waals surface area contributed by atoms with Gasteiger partial charge in [-0.25, -0.2) is 4.98 Å². The number of anilines is 1. The van der Waals surface area contributed by atoms with Gasteiger partial charge in [0, 0.05) is 33.3 Å².